The number of amides is 1. The molecule has 1 amide bonds. The number of methoxy groups -OCH3 is 1. The predicted octanol–water partition coefficient (Wildman–Crippen LogP) is 2.18. The van der Waals surface area contributed by atoms with E-state index in [-0.39, 0.29) is 5.91 Å². The third kappa shape index (κ3) is 3.58. The van der Waals surface area contributed by atoms with Gasteiger partial charge in [0.25, 0.3) is 5.91 Å². The van der Waals surface area contributed by atoms with Gasteiger partial charge in [-0.2, -0.15) is 0 Å². The van der Waals surface area contributed by atoms with Gasteiger partial charge in [0.2, 0.25) is 0 Å². The first-order chi connectivity index (χ1) is 12.4. The normalized spacial score (nSPS) is 15.7. The number of para-hydroxylation sites is 1. The molecule has 0 atom stereocenters. The molecule has 26 heavy (non-hydrogen) atoms. The van der Waals surface area contributed by atoms with Crippen molar-refractivity contribution in [2.75, 3.05) is 20.2 Å². The Kier molecular flexibility index (Phi) is 5.27. The van der Waals surface area contributed by atoms with Gasteiger partial charge in [-0.05, 0) is 52.8 Å². The molecule has 2 heterocycles. The van der Waals surface area contributed by atoms with Crippen LogP contribution in [0, 0.1) is 6.92 Å². The highest BCUT2D eigenvalue weighted by Crippen LogP contribution is 2.29. The van der Waals surface area contributed by atoms with E-state index in [4.69, 9.17) is 4.74 Å². The third-order valence-corrected chi connectivity index (χ3v) is 5.00. The molecule has 0 spiro atoms. The predicted molar refractivity (Wildman–Crippen MR) is 99.4 cm³/mol. The molecular formula is C19H27N5O2. The Morgan fingerprint density at radius 3 is 2.69 bits per heavy atom. The Balaban J connectivity index is 1.80. The summed E-state index contributed by atoms with van der Waals surface area (Å²) in [6.45, 7) is 7.75. The molecule has 7 heteroatoms. The summed E-state index contributed by atoms with van der Waals surface area (Å²) in [5.74, 6) is 0.520. The Hall–Kier alpha value is -2.41. The molecule has 0 unspecified atom stereocenters. The van der Waals surface area contributed by atoms with Gasteiger partial charge in [0.1, 0.15) is 5.75 Å². The Morgan fingerprint density at radius 1 is 1.31 bits per heavy atom. The molecule has 1 aromatic heterocycles. The minimum Gasteiger partial charge on any atom is -0.496 e. The smallest absolute Gasteiger partial charge is 0.274 e. The molecule has 2 N–H and O–H groups in total. The maximum absolute atomic E-state index is 12.9. The second kappa shape index (κ2) is 7.45. The standard InChI is InChI=1S/C19H27N5O2/c1-13-17(22-23-24(13)14-9-11-20-12-10-14)18(25)21-19(2,3)15-7-5-6-8-16(15)26-4/h5-8,14,20H,9-12H2,1-4H3,(H,21,25). The van der Waals surface area contributed by atoms with Gasteiger partial charge >= 0.3 is 0 Å². The number of ether oxygens (including phenoxy) is 1. The lowest BCUT2D eigenvalue weighted by Gasteiger charge is -2.28. The van der Waals surface area contributed by atoms with Crippen LogP contribution < -0.4 is 15.4 Å². The molecule has 1 fully saturated rings. The summed E-state index contributed by atoms with van der Waals surface area (Å²) in [5.41, 5.74) is 1.50. The molecule has 1 aromatic carbocycles. The van der Waals surface area contributed by atoms with Gasteiger partial charge in [0, 0.05) is 5.56 Å². The molecular weight excluding hydrogens is 330 g/mol. The fourth-order valence-electron chi connectivity index (χ4n) is 3.52. The van der Waals surface area contributed by atoms with Crippen LogP contribution in [0.15, 0.2) is 24.3 Å². The van der Waals surface area contributed by atoms with Gasteiger partial charge in [-0.15, -0.1) is 5.10 Å². The maximum Gasteiger partial charge on any atom is 0.274 e. The number of rotatable bonds is 5. The number of carbonyl (C=O) groups is 1. The lowest BCUT2D eigenvalue weighted by molar-refractivity contribution is 0.0905. The molecule has 0 aliphatic carbocycles. The molecule has 1 aliphatic heterocycles. The van der Waals surface area contributed by atoms with Crippen molar-refractivity contribution in [1.82, 2.24) is 25.6 Å². The zero-order chi connectivity index (χ0) is 18.7. The van der Waals surface area contributed by atoms with E-state index in [9.17, 15) is 4.79 Å². The van der Waals surface area contributed by atoms with E-state index in [1.54, 1.807) is 7.11 Å². The van der Waals surface area contributed by atoms with E-state index in [0.29, 0.717) is 11.7 Å². The van der Waals surface area contributed by atoms with Crippen molar-refractivity contribution in [2.24, 2.45) is 0 Å². The monoisotopic (exact) mass is 357 g/mol. The van der Waals surface area contributed by atoms with Gasteiger partial charge in [-0.25, -0.2) is 4.68 Å². The second-order valence-electron chi connectivity index (χ2n) is 7.23. The maximum atomic E-state index is 12.9. The molecule has 3 rings (SSSR count). The molecule has 1 saturated heterocycles. The number of hydrogen-bond acceptors (Lipinski definition) is 5. The van der Waals surface area contributed by atoms with E-state index in [0.717, 1.165) is 42.9 Å². The average molecular weight is 357 g/mol. The summed E-state index contributed by atoms with van der Waals surface area (Å²) >= 11 is 0. The minimum absolute atomic E-state index is 0.224. The topological polar surface area (TPSA) is 81.1 Å². The number of nitrogens with one attached hydrogen (secondary N) is 2. The molecule has 7 nitrogen and oxygen atoms in total. The summed E-state index contributed by atoms with van der Waals surface area (Å²) in [5, 5.41) is 14.8. The summed E-state index contributed by atoms with van der Waals surface area (Å²) in [6.07, 6.45) is 2.00. The van der Waals surface area contributed by atoms with Gasteiger partial charge in [-0.1, -0.05) is 23.4 Å². The van der Waals surface area contributed by atoms with E-state index in [2.05, 4.69) is 20.9 Å². The third-order valence-electron chi connectivity index (χ3n) is 5.00. The van der Waals surface area contributed by atoms with Crippen LogP contribution in [0.5, 0.6) is 5.75 Å². The number of piperidine rings is 1. The molecule has 2 aromatic rings. The van der Waals surface area contributed by atoms with Crippen LogP contribution in [0.1, 0.15) is 54.5 Å². The van der Waals surface area contributed by atoms with E-state index in [1.165, 1.54) is 0 Å². The quantitative estimate of drug-likeness (QED) is 0.857. The number of hydrogen-bond donors (Lipinski definition) is 2. The van der Waals surface area contributed by atoms with Crippen molar-refractivity contribution in [3.63, 3.8) is 0 Å². The van der Waals surface area contributed by atoms with Crippen LogP contribution in [0.2, 0.25) is 0 Å². The first-order valence-electron chi connectivity index (χ1n) is 9.02. The second-order valence-corrected chi connectivity index (χ2v) is 7.23. The molecule has 0 bridgehead atoms. The summed E-state index contributed by atoms with van der Waals surface area (Å²) in [6, 6.07) is 7.99. The van der Waals surface area contributed by atoms with Crippen molar-refractivity contribution < 1.29 is 9.53 Å². The van der Waals surface area contributed by atoms with Crippen LogP contribution in [0.25, 0.3) is 0 Å². The Labute approximate surface area is 154 Å². The van der Waals surface area contributed by atoms with Gasteiger partial charge in [0.15, 0.2) is 5.69 Å². The summed E-state index contributed by atoms with van der Waals surface area (Å²) in [7, 11) is 1.63. The number of carbonyl (C=O) groups excluding carboxylic acids is 1. The van der Waals surface area contributed by atoms with Crippen molar-refractivity contribution in [3.05, 3.63) is 41.2 Å². The molecule has 0 radical (unpaired) electrons. The average Bonchev–Trinajstić information content (AvgIpc) is 3.03. The van der Waals surface area contributed by atoms with Crippen LogP contribution >= 0.6 is 0 Å². The van der Waals surface area contributed by atoms with Crippen LogP contribution in [0.4, 0.5) is 0 Å². The van der Waals surface area contributed by atoms with Crippen molar-refractivity contribution in [3.8, 4) is 5.75 Å². The number of benzene rings is 1. The Bertz CT molecular complexity index is 778. The first kappa shape index (κ1) is 18.4. The van der Waals surface area contributed by atoms with Crippen LogP contribution in [-0.4, -0.2) is 41.1 Å². The zero-order valence-electron chi connectivity index (χ0n) is 15.9. The van der Waals surface area contributed by atoms with E-state index in [1.807, 2.05) is 49.7 Å². The highest BCUT2D eigenvalue weighted by molar-refractivity contribution is 5.93. The fourth-order valence-corrected chi connectivity index (χ4v) is 3.52. The van der Waals surface area contributed by atoms with Crippen molar-refractivity contribution in [2.45, 2.75) is 45.2 Å². The van der Waals surface area contributed by atoms with Crippen molar-refractivity contribution in [1.29, 1.82) is 0 Å². The van der Waals surface area contributed by atoms with Gasteiger partial charge < -0.3 is 15.4 Å². The Morgan fingerprint density at radius 2 is 2.00 bits per heavy atom. The number of nitrogens with zero attached hydrogens (tertiary/aromatic N) is 3. The molecule has 0 saturated carbocycles. The lowest BCUT2D eigenvalue weighted by Crippen LogP contribution is -2.41. The SMILES string of the molecule is COc1ccccc1C(C)(C)NC(=O)c1nnn(C2CCNCC2)c1C. The van der Waals surface area contributed by atoms with Gasteiger partial charge in [-0.3, -0.25) is 4.79 Å². The first-order valence-corrected chi connectivity index (χ1v) is 9.02. The zero-order valence-corrected chi connectivity index (χ0v) is 15.9. The number of aromatic nitrogens is 3. The molecule has 140 valence electrons. The van der Waals surface area contributed by atoms with E-state index >= 15 is 0 Å². The van der Waals surface area contributed by atoms with Crippen molar-refractivity contribution >= 4 is 5.91 Å². The highest BCUT2D eigenvalue weighted by atomic mass is 16.5. The van der Waals surface area contributed by atoms with Gasteiger partial charge in [0.05, 0.1) is 24.4 Å². The van der Waals surface area contributed by atoms with Crippen LogP contribution in [-0.2, 0) is 5.54 Å². The molecule has 1 aliphatic rings. The lowest BCUT2D eigenvalue weighted by atomic mass is 9.93. The summed E-state index contributed by atoms with van der Waals surface area (Å²) in [4.78, 5) is 12.9. The van der Waals surface area contributed by atoms with E-state index < -0.39 is 5.54 Å². The minimum atomic E-state index is -0.603. The highest BCUT2D eigenvalue weighted by Gasteiger charge is 2.29. The largest absolute Gasteiger partial charge is 0.496 e. The fraction of sp³-hybridized carbons (Fsp3) is 0.526. The van der Waals surface area contributed by atoms with Crippen LogP contribution in [0.3, 0.4) is 0 Å². The summed E-state index contributed by atoms with van der Waals surface area (Å²) < 4.78 is 7.33.